The summed E-state index contributed by atoms with van der Waals surface area (Å²) in [6.07, 6.45) is 0.304. The van der Waals surface area contributed by atoms with Crippen LogP contribution in [0.1, 0.15) is 5.56 Å². The number of hydrogen-bond acceptors (Lipinski definition) is 3. The molecule has 0 aromatic heterocycles. The van der Waals surface area contributed by atoms with Crippen molar-refractivity contribution in [3.63, 3.8) is 0 Å². The number of nitrogens with zero attached hydrogens (tertiary/aromatic N) is 1. The zero-order chi connectivity index (χ0) is 14.3. The first-order valence-corrected chi connectivity index (χ1v) is 7.09. The summed E-state index contributed by atoms with van der Waals surface area (Å²) in [4.78, 5) is 12.8. The molecule has 0 spiro atoms. The number of rotatable bonds is 8. The lowest BCUT2D eigenvalue weighted by molar-refractivity contribution is -0.138. The molecule has 4 nitrogen and oxygen atoms in total. The van der Waals surface area contributed by atoms with Crippen molar-refractivity contribution in [1.82, 2.24) is 0 Å². The van der Waals surface area contributed by atoms with Gasteiger partial charge in [-0.1, -0.05) is 12.1 Å². The Bertz CT molecular complexity index is 412. The summed E-state index contributed by atoms with van der Waals surface area (Å²) < 4.78 is 0. The molecule has 0 fully saturated rings. The number of carbonyl (C=O) groups is 1. The van der Waals surface area contributed by atoms with Gasteiger partial charge in [-0.3, -0.25) is 4.79 Å². The molecular formula is C13H19Cl3N2O2. The van der Waals surface area contributed by atoms with Crippen molar-refractivity contribution in [3.05, 3.63) is 29.8 Å². The van der Waals surface area contributed by atoms with Crippen molar-refractivity contribution in [2.24, 2.45) is 5.73 Å². The molecule has 3 N–H and O–H groups in total. The smallest absolute Gasteiger partial charge is 0.320 e. The number of aliphatic carboxylic acids is 1. The first-order valence-electron chi connectivity index (χ1n) is 6.02. The van der Waals surface area contributed by atoms with E-state index in [4.69, 9.17) is 34.0 Å². The molecule has 0 amide bonds. The standard InChI is InChI=1S/C13H18Cl2N2O2.ClH/c14-4-6-17(7-5-15)11-3-1-2-10(8-11)9-12(16)13(18)19;/h1-3,8,12H,4-7,9,16H2,(H,18,19);1H/t12-;/m0./s1. The lowest BCUT2D eigenvalue weighted by Crippen LogP contribution is -2.32. The minimum absolute atomic E-state index is 0. The van der Waals surface area contributed by atoms with Crippen molar-refractivity contribution in [2.75, 3.05) is 29.7 Å². The van der Waals surface area contributed by atoms with Gasteiger partial charge in [0.05, 0.1) is 0 Å². The summed E-state index contributed by atoms with van der Waals surface area (Å²) in [5.74, 6) is 0.0229. The van der Waals surface area contributed by atoms with Gasteiger partial charge >= 0.3 is 5.97 Å². The van der Waals surface area contributed by atoms with Gasteiger partial charge < -0.3 is 15.7 Å². The van der Waals surface area contributed by atoms with Crippen LogP contribution in [0.25, 0.3) is 0 Å². The first-order chi connectivity index (χ1) is 9.08. The van der Waals surface area contributed by atoms with Crippen LogP contribution in [0.3, 0.4) is 0 Å². The fourth-order valence-electron chi connectivity index (χ4n) is 1.80. The lowest BCUT2D eigenvalue weighted by atomic mass is 10.1. The van der Waals surface area contributed by atoms with Crippen molar-refractivity contribution in [3.8, 4) is 0 Å². The molecule has 0 saturated heterocycles. The van der Waals surface area contributed by atoms with E-state index in [9.17, 15) is 4.79 Å². The summed E-state index contributed by atoms with van der Waals surface area (Å²) in [6, 6.07) is 6.75. The lowest BCUT2D eigenvalue weighted by Gasteiger charge is -2.23. The molecule has 0 aliphatic rings. The van der Waals surface area contributed by atoms with E-state index in [1.807, 2.05) is 24.3 Å². The Morgan fingerprint density at radius 1 is 1.30 bits per heavy atom. The highest BCUT2D eigenvalue weighted by Gasteiger charge is 2.13. The van der Waals surface area contributed by atoms with Gasteiger partial charge in [0.2, 0.25) is 0 Å². The van der Waals surface area contributed by atoms with Crippen LogP contribution in [-0.4, -0.2) is 42.0 Å². The van der Waals surface area contributed by atoms with E-state index in [0.717, 1.165) is 11.3 Å². The Hall–Kier alpha value is -0.680. The number of carboxylic acids is 1. The minimum Gasteiger partial charge on any atom is -0.480 e. The third kappa shape index (κ3) is 6.18. The number of benzene rings is 1. The summed E-state index contributed by atoms with van der Waals surface area (Å²) in [7, 11) is 0. The number of anilines is 1. The van der Waals surface area contributed by atoms with Crippen LogP contribution in [0.2, 0.25) is 0 Å². The molecule has 0 aliphatic carbocycles. The maximum Gasteiger partial charge on any atom is 0.320 e. The highest BCUT2D eigenvalue weighted by atomic mass is 35.5. The van der Waals surface area contributed by atoms with Crippen LogP contribution in [0.15, 0.2) is 24.3 Å². The second kappa shape index (κ2) is 10.1. The maximum absolute atomic E-state index is 10.8. The molecule has 1 aromatic rings. The largest absolute Gasteiger partial charge is 0.480 e. The van der Waals surface area contributed by atoms with Gasteiger partial charge in [0.1, 0.15) is 6.04 Å². The van der Waals surface area contributed by atoms with E-state index < -0.39 is 12.0 Å². The summed E-state index contributed by atoms with van der Waals surface area (Å²) in [5.41, 5.74) is 7.41. The quantitative estimate of drug-likeness (QED) is 0.712. The predicted molar refractivity (Wildman–Crippen MR) is 86.7 cm³/mol. The SMILES string of the molecule is Cl.N[C@@H](Cc1cccc(N(CCCl)CCCl)c1)C(=O)O. The van der Waals surface area contributed by atoms with Crippen molar-refractivity contribution in [1.29, 1.82) is 0 Å². The molecule has 20 heavy (non-hydrogen) atoms. The summed E-state index contributed by atoms with van der Waals surface area (Å²) in [6.45, 7) is 1.39. The zero-order valence-corrected chi connectivity index (χ0v) is 13.3. The van der Waals surface area contributed by atoms with E-state index >= 15 is 0 Å². The van der Waals surface area contributed by atoms with Gasteiger partial charge in [0.15, 0.2) is 0 Å². The number of hydrogen-bond donors (Lipinski definition) is 2. The van der Waals surface area contributed by atoms with Crippen LogP contribution >= 0.6 is 35.6 Å². The Balaban J connectivity index is 0.00000361. The molecular weight excluding hydrogens is 323 g/mol. The van der Waals surface area contributed by atoms with Crippen LogP contribution in [0.5, 0.6) is 0 Å². The average Bonchev–Trinajstić information content (AvgIpc) is 2.38. The number of alkyl halides is 2. The van der Waals surface area contributed by atoms with E-state index in [0.29, 0.717) is 31.3 Å². The van der Waals surface area contributed by atoms with Crippen LogP contribution in [-0.2, 0) is 11.2 Å². The van der Waals surface area contributed by atoms with Crippen LogP contribution < -0.4 is 10.6 Å². The molecule has 0 saturated carbocycles. The van der Waals surface area contributed by atoms with Crippen LogP contribution in [0.4, 0.5) is 5.69 Å². The molecule has 1 atom stereocenters. The van der Waals surface area contributed by atoms with E-state index in [1.54, 1.807) is 0 Å². The summed E-state index contributed by atoms with van der Waals surface area (Å²) in [5, 5.41) is 8.82. The van der Waals surface area contributed by atoms with Gasteiger partial charge in [-0.25, -0.2) is 0 Å². The van der Waals surface area contributed by atoms with Gasteiger partial charge in [0.25, 0.3) is 0 Å². The van der Waals surface area contributed by atoms with E-state index in [1.165, 1.54) is 0 Å². The second-order valence-corrected chi connectivity index (χ2v) is 4.94. The van der Waals surface area contributed by atoms with Crippen molar-refractivity contribution in [2.45, 2.75) is 12.5 Å². The minimum atomic E-state index is -0.997. The number of nitrogens with two attached hydrogens (primary N) is 1. The highest BCUT2D eigenvalue weighted by molar-refractivity contribution is 6.18. The second-order valence-electron chi connectivity index (χ2n) is 4.18. The van der Waals surface area contributed by atoms with Crippen molar-refractivity contribution >= 4 is 47.3 Å². The molecule has 1 rings (SSSR count). The highest BCUT2D eigenvalue weighted by Crippen LogP contribution is 2.17. The average molecular weight is 342 g/mol. The van der Waals surface area contributed by atoms with Gasteiger partial charge in [0, 0.05) is 30.5 Å². The van der Waals surface area contributed by atoms with E-state index in [-0.39, 0.29) is 12.4 Å². The van der Waals surface area contributed by atoms with Gasteiger partial charge in [-0.05, 0) is 24.1 Å². The number of carboxylic acid groups (broad SMARTS) is 1. The molecule has 0 aliphatic heterocycles. The van der Waals surface area contributed by atoms with Gasteiger partial charge in [-0.2, -0.15) is 0 Å². The normalized spacial score (nSPS) is 11.6. The monoisotopic (exact) mass is 340 g/mol. The van der Waals surface area contributed by atoms with Crippen LogP contribution in [0, 0.1) is 0 Å². The number of halogens is 3. The zero-order valence-electron chi connectivity index (χ0n) is 11.0. The molecule has 0 heterocycles. The molecule has 0 unspecified atom stereocenters. The Labute approximate surface area is 135 Å². The fourth-order valence-corrected chi connectivity index (χ4v) is 2.20. The third-order valence-electron chi connectivity index (χ3n) is 2.76. The van der Waals surface area contributed by atoms with Crippen molar-refractivity contribution < 1.29 is 9.90 Å². The summed E-state index contributed by atoms with van der Waals surface area (Å²) >= 11 is 11.5. The molecule has 1 aromatic carbocycles. The molecule has 114 valence electrons. The van der Waals surface area contributed by atoms with E-state index in [2.05, 4.69) is 4.90 Å². The molecule has 0 bridgehead atoms. The predicted octanol–water partition coefficient (Wildman–Crippen LogP) is 2.35. The fraction of sp³-hybridized carbons (Fsp3) is 0.462. The molecule has 0 radical (unpaired) electrons. The topological polar surface area (TPSA) is 66.6 Å². The molecule has 7 heteroatoms. The Morgan fingerprint density at radius 2 is 1.90 bits per heavy atom. The van der Waals surface area contributed by atoms with Gasteiger partial charge in [-0.15, -0.1) is 35.6 Å². The first kappa shape index (κ1) is 19.3. The third-order valence-corrected chi connectivity index (χ3v) is 3.10. The Kier molecular flexibility index (Phi) is 9.76. The Morgan fingerprint density at radius 3 is 2.40 bits per heavy atom. The maximum atomic E-state index is 10.8.